The van der Waals surface area contributed by atoms with E-state index in [1.165, 1.54) is 5.56 Å². The lowest BCUT2D eigenvalue weighted by Crippen LogP contribution is -2.29. The molecule has 0 amide bonds. The third-order valence-corrected chi connectivity index (χ3v) is 7.03. The highest BCUT2D eigenvalue weighted by Gasteiger charge is 2.42. The summed E-state index contributed by atoms with van der Waals surface area (Å²) >= 11 is 7.43. The van der Waals surface area contributed by atoms with Gasteiger partial charge in [-0.3, -0.25) is 4.98 Å². The molecule has 1 saturated heterocycles. The number of anilines is 1. The lowest BCUT2D eigenvalue weighted by Gasteiger charge is -2.26. The van der Waals surface area contributed by atoms with Gasteiger partial charge in [-0.05, 0) is 72.2 Å². The number of nitrogens with zero attached hydrogens (tertiary/aromatic N) is 2. The number of aromatic nitrogens is 1. The summed E-state index contributed by atoms with van der Waals surface area (Å²) in [5, 5.41) is 5.01. The third-order valence-electron chi connectivity index (χ3n) is 5.79. The van der Waals surface area contributed by atoms with Gasteiger partial charge in [-0.25, -0.2) is 0 Å². The number of thiocarbonyl (C=S) groups is 1. The third kappa shape index (κ3) is 4.54. The van der Waals surface area contributed by atoms with Crippen LogP contribution in [-0.4, -0.2) is 10.1 Å². The summed E-state index contributed by atoms with van der Waals surface area (Å²) in [6.45, 7) is 4.40. The molecule has 0 unspecified atom stereocenters. The Kier molecular flexibility index (Phi) is 6.20. The van der Waals surface area contributed by atoms with E-state index < -0.39 is 0 Å². The number of hydrogen-bond donors (Lipinski definition) is 1. The molecular weight excluding hydrogens is 446 g/mol. The maximum absolute atomic E-state index is 6.38. The Balaban J connectivity index is 1.52. The average Bonchev–Trinajstić information content (AvgIpc) is 3.44. The average molecular weight is 472 g/mol. The number of hydrogen-bond acceptors (Lipinski definition) is 4. The minimum absolute atomic E-state index is 0.121. The standard InChI is InChI=1S/C27H25N3OS2/c1-18(2)19-11-13-20(14-12-19)30-26(25(29-27(30)32)22-10-6-7-17-28-22)23-15-16-24(31-23)33-21-8-4-3-5-9-21/h3-18,25-26H,1-2H3,(H,29,32)/t25-,26+/m1/s1. The van der Waals surface area contributed by atoms with Gasteiger partial charge in [0.25, 0.3) is 0 Å². The topological polar surface area (TPSA) is 41.3 Å². The lowest BCUT2D eigenvalue weighted by atomic mass is 10.0. The normalized spacial score (nSPS) is 18.0. The van der Waals surface area contributed by atoms with Crippen molar-refractivity contribution >= 4 is 34.8 Å². The molecule has 1 fully saturated rings. The number of rotatable bonds is 6. The molecule has 0 bridgehead atoms. The zero-order valence-electron chi connectivity index (χ0n) is 18.5. The van der Waals surface area contributed by atoms with Crippen molar-refractivity contribution in [2.24, 2.45) is 0 Å². The van der Waals surface area contributed by atoms with Crippen molar-refractivity contribution in [3.8, 4) is 0 Å². The van der Waals surface area contributed by atoms with Crippen LogP contribution in [0.1, 0.15) is 48.9 Å². The highest BCUT2D eigenvalue weighted by atomic mass is 32.2. The van der Waals surface area contributed by atoms with Gasteiger partial charge in [0.15, 0.2) is 10.2 Å². The Labute approximate surface area is 204 Å². The predicted octanol–water partition coefficient (Wildman–Crippen LogP) is 7.13. The molecular formula is C27H25N3OS2. The van der Waals surface area contributed by atoms with Crippen LogP contribution < -0.4 is 10.2 Å². The SMILES string of the molecule is CC(C)c1ccc(N2C(=S)N[C@H](c3ccccn3)[C@@H]2c2ccc(Sc3ccccc3)o2)cc1. The first-order chi connectivity index (χ1) is 16.1. The van der Waals surface area contributed by atoms with Gasteiger partial charge in [-0.2, -0.15) is 0 Å². The predicted molar refractivity (Wildman–Crippen MR) is 138 cm³/mol. The molecule has 33 heavy (non-hydrogen) atoms. The molecule has 6 heteroatoms. The van der Waals surface area contributed by atoms with E-state index in [4.69, 9.17) is 16.6 Å². The van der Waals surface area contributed by atoms with Gasteiger partial charge < -0.3 is 14.6 Å². The molecule has 166 valence electrons. The van der Waals surface area contributed by atoms with Crippen LogP contribution in [0.5, 0.6) is 0 Å². The summed E-state index contributed by atoms with van der Waals surface area (Å²) in [5.74, 6) is 1.33. The minimum Gasteiger partial charge on any atom is -0.452 e. The maximum Gasteiger partial charge on any atom is 0.174 e. The molecule has 5 rings (SSSR count). The molecule has 3 heterocycles. The van der Waals surface area contributed by atoms with E-state index in [0.29, 0.717) is 11.0 Å². The largest absolute Gasteiger partial charge is 0.452 e. The molecule has 0 spiro atoms. The molecule has 4 aromatic rings. The first-order valence-electron chi connectivity index (χ1n) is 11.0. The fourth-order valence-electron chi connectivity index (χ4n) is 4.09. The Morgan fingerprint density at radius 2 is 1.70 bits per heavy atom. The molecule has 0 radical (unpaired) electrons. The fourth-order valence-corrected chi connectivity index (χ4v) is 5.24. The molecule has 1 aliphatic heterocycles. The van der Waals surface area contributed by atoms with Crippen LogP contribution in [0.3, 0.4) is 0 Å². The maximum atomic E-state index is 6.38. The van der Waals surface area contributed by atoms with Crippen LogP contribution in [0.4, 0.5) is 5.69 Å². The second kappa shape index (κ2) is 9.41. The van der Waals surface area contributed by atoms with Gasteiger partial charge in [0.05, 0.1) is 11.7 Å². The zero-order chi connectivity index (χ0) is 22.8. The molecule has 2 atom stereocenters. The van der Waals surface area contributed by atoms with Crippen LogP contribution in [0.2, 0.25) is 0 Å². The molecule has 1 N–H and O–H groups in total. The highest BCUT2D eigenvalue weighted by molar-refractivity contribution is 7.99. The number of pyridine rings is 1. The molecule has 4 nitrogen and oxygen atoms in total. The summed E-state index contributed by atoms with van der Waals surface area (Å²) in [6, 6.07) is 28.6. The molecule has 0 saturated carbocycles. The summed E-state index contributed by atoms with van der Waals surface area (Å²) in [4.78, 5) is 7.90. The number of benzene rings is 2. The smallest absolute Gasteiger partial charge is 0.174 e. The Bertz CT molecular complexity index is 1220. The molecule has 1 aliphatic rings. The summed E-state index contributed by atoms with van der Waals surface area (Å²) in [7, 11) is 0. The van der Waals surface area contributed by atoms with E-state index in [9.17, 15) is 0 Å². The van der Waals surface area contributed by atoms with Crippen molar-refractivity contribution < 1.29 is 4.42 Å². The van der Waals surface area contributed by atoms with E-state index >= 15 is 0 Å². The Morgan fingerprint density at radius 1 is 0.939 bits per heavy atom. The molecule has 2 aromatic carbocycles. The van der Waals surface area contributed by atoms with Gasteiger partial charge in [0.1, 0.15) is 11.8 Å². The van der Waals surface area contributed by atoms with Gasteiger partial charge in [-0.15, -0.1) is 0 Å². The summed E-state index contributed by atoms with van der Waals surface area (Å²) in [6.07, 6.45) is 1.82. The van der Waals surface area contributed by atoms with Crippen molar-refractivity contribution in [1.82, 2.24) is 10.3 Å². The van der Waals surface area contributed by atoms with Crippen molar-refractivity contribution in [2.45, 2.75) is 41.8 Å². The number of furan rings is 1. The first kappa shape index (κ1) is 21.7. The minimum atomic E-state index is -0.151. The summed E-state index contributed by atoms with van der Waals surface area (Å²) < 4.78 is 6.38. The molecule has 0 aliphatic carbocycles. The van der Waals surface area contributed by atoms with E-state index in [-0.39, 0.29) is 12.1 Å². The van der Waals surface area contributed by atoms with E-state index in [1.807, 2.05) is 48.7 Å². The molecule has 2 aromatic heterocycles. The summed E-state index contributed by atoms with van der Waals surface area (Å²) in [5.41, 5.74) is 3.27. The van der Waals surface area contributed by atoms with Crippen LogP contribution in [0, 0.1) is 0 Å². The second-order valence-electron chi connectivity index (χ2n) is 8.31. The fraction of sp³-hybridized carbons (Fsp3) is 0.185. The van der Waals surface area contributed by atoms with E-state index in [0.717, 1.165) is 27.1 Å². The van der Waals surface area contributed by atoms with Crippen LogP contribution in [0.25, 0.3) is 0 Å². The van der Waals surface area contributed by atoms with Crippen molar-refractivity contribution in [3.05, 3.63) is 108 Å². The highest BCUT2D eigenvalue weighted by Crippen LogP contribution is 2.43. The van der Waals surface area contributed by atoms with Crippen molar-refractivity contribution in [1.29, 1.82) is 0 Å². The number of nitrogens with one attached hydrogen (secondary N) is 1. The van der Waals surface area contributed by atoms with Gasteiger partial charge in [-0.1, -0.05) is 62.0 Å². The zero-order valence-corrected chi connectivity index (χ0v) is 20.1. The van der Waals surface area contributed by atoms with Crippen molar-refractivity contribution in [2.75, 3.05) is 4.90 Å². The van der Waals surface area contributed by atoms with Crippen LogP contribution in [0.15, 0.2) is 106 Å². The first-order valence-corrected chi connectivity index (χ1v) is 12.3. The lowest BCUT2D eigenvalue weighted by molar-refractivity contribution is 0.383. The van der Waals surface area contributed by atoms with Gasteiger partial charge >= 0.3 is 0 Å². The second-order valence-corrected chi connectivity index (χ2v) is 9.78. The Hall–Kier alpha value is -3.09. The van der Waals surface area contributed by atoms with Gasteiger partial charge in [0.2, 0.25) is 0 Å². The monoisotopic (exact) mass is 471 g/mol. The van der Waals surface area contributed by atoms with Gasteiger partial charge in [0, 0.05) is 16.8 Å². The van der Waals surface area contributed by atoms with Crippen LogP contribution >= 0.6 is 24.0 Å². The quantitative estimate of drug-likeness (QED) is 0.302. The van der Waals surface area contributed by atoms with E-state index in [2.05, 4.69) is 71.5 Å². The Morgan fingerprint density at radius 3 is 2.39 bits per heavy atom. The van der Waals surface area contributed by atoms with Crippen molar-refractivity contribution in [3.63, 3.8) is 0 Å². The van der Waals surface area contributed by atoms with E-state index in [1.54, 1.807) is 11.8 Å². The van der Waals surface area contributed by atoms with Crippen LogP contribution in [-0.2, 0) is 0 Å².